The van der Waals surface area contributed by atoms with Gasteiger partial charge >= 0.3 is 7.82 Å². The van der Waals surface area contributed by atoms with Crippen LogP contribution >= 0.6 is 7.82 Å². The second-order valence-electron chi connectivity index (χ2n) is 28.0. The van der Waals surface area contributed by atoms with Crippen LogP contribution in [0.5, 0.6) is 0 Å². The number of aliphatic hydroxyl groups excluding tert-OH is 4. The van der Waals surface area contributed by atoms with E-state index in [2.05, 4.69) is 0 Å². The van der Waals surface area contributed by atoms with Crippen LogP contribution in [0.15, 0.2) is 273 Å². The minimum atomic E-state index is -5.56. The Labute approximate surface area is 658 Å². The van der Waals surface area contributed by atoms with E-state index in [0.29, 0.717) is 5.56 Å². The molecule has 0 bridgehead atoms. The Morgan fingerprint density at radius 3 is 0.876 bits per heavy atom. The minimum Gasteiger partial charge on any atom is -0.387 e. The molecule has 0 amide bonds. The van der Waals surface area contributed by atoms with Crippen LogP contribution in [-0.4, -0.2) is 182 Å². The van der Waals surface area contributed by atoms with Crippen molar-refractivity contribution in [2.75, 3.05) is 33.5 Å². The van der Waals surface area contributed by atoms with Crippen molar-refractivity contribution < 1.29 is 115 Å². The summed E-state index contributed by atoms with van der Waals surface area (Å²) in [6.45, 7) is -1.10. The van der Waals surface area contributed by atoms with Crippen molar-refractivity contribution in [3.63, 3.8) is 0 Å². The Hall–Kier alpha value is -7.71. The lowest BCUT2D eigenvalue weighted by atomic mass is 9.95. The molecule has 9 aromatic rings. The van der Waals surface area contributed by atoms with E-state index in [1.165, 1.54) is 7.11 Å². The predicted octanol–water partition coefficient (Wildman–Crippen LogP) is 11.0. The molecule has 9 aromatic carbocycles. The van der Waals surface area contributed by atoms with E-state index in [1.807, 2.05) is 273 Å². The van der Waals surface area contributed by atoms with Crippen LogP contribution in [0.4, 0.5) is 0 Å². The van der Waals surface area contributed by atoms with E-state index in [1.54, 1.807) is 0 Å². The highest BCUT2D eigenvalue weighted by Gasteiger charge is 2.58. The van der Waals surface area contributed by atoms with E-state index in [-0.39, 0.29) is 79.3 Å². The van der Waals surface area contributed by atoms with Gasteiger partial charge in [-0.15, -0.1) is 0 Å². The van der Waals surface area contributed by atoms with Gasteiger partial charge in [-0.05, 0) is 50.1 Å². The molecule has 4 aliphatic heterocycles. The second kappa shape index (κ2) is 42.8. The number of ether oxygens (including phenoxy) is 16. The molecule has 24 nitrogen and oxygen atoms in total. The lowest BCUT2D eigenvalue weighted by Crippen LogP contribution is -2.68. The molecule has 5 N–H and O–H groups in total. The third-order valence-electron chi connectivity index (χ3n) is 19.8. The monoisotopic (exact) mass is 1570 g/mol. The van der Waals surface area contributed by atoms with Crippen LogP contribution in [-0.2, 0) is 149 Å². The average molecular weight is 1570 g/mol. The van der Waals surface area contributed by atoms with Gasteiger partial charge in [0, 0.05) is 7.11 Å². The van der Waals surface area contributed by atoms with E-state index < -0.39 is 137 Å². The Bertz CT molecular complexity index is 4180. The molecule has 21 atom stereocenters. The molecule has 4 aliphatic rings. The smallest absolute Gasteiger partial charge is 0.387 e. The first-order chi connectivity index (χ1) is 55.4. The third kappa shape index (κ3) is 24.0. The van der Waals surface area contributed by atoms with Gasteiger partial charge in [-0.25, -0.2) is 4.57 Å². The van der Waals surface area contributed by atoms with Crippen molar-refractivity contribution in [3.8, 4) is 0 Å². The van der Waals surface area contributed by atoms with E-state index in [0.717, 1.165) is 44.5 Å². The maximum atomic E-state index is 15.2. The number of phosphoric acid groups is 1. The summed E-state index contributed by atoms with van der Waals surface area (Å²) in [5.41, 5.74) is 7.22. The van der Waals surface area contributed by atoms with Crippen molar-refractivity contribution in [2.24, 2.45) is 0 Å². The summed E-state index contributed by atoms with van der Waals surface area (Å²) in [5.74, 6) is 0. The van der Waals surface area contributed by atoms with Crippen LogP contribution in [0.25, 0.3) is 0 Å². The fraction of sp³-hybridized carbons (Fsp3) is 0.386. The highest BCUT2D eigenvalue weighted by Crippen LogP contribution is 2.49. The molecule has 0 spiro atoms. The fourth-order valence-electron chi connectivity index (χ4n) is 13.9. The standard InChI is InChI=1S/C88H99O24P/c1-95-85-75(91)74(90)73(89)69(106-85)59-105-113(93,94)112-88-84(82(104-55-68-45-27-10-28-46-68)79(101-52-65-39-21-7-22-40-65)72(109-88)58-98-49-62-33-15-4-16-34-62)111-87-83(81(103-54-67-43-25-9-26-44-67)78(100-51-64-37-19-6-20-38-64)71(108-87)57-97-48-61-31-13-3-14-32-61)110-86-76(92)80(102-53-66-41-23-8-24-42-66)77(99-50-63-35-17-5-18-36-63)70(107-86)56-96-47-60-29-11-2-12-30-60/h2-46,69-92H,47-59H2,1H3,(H,93,94)/t69-,70-,71-,72-,73-,74+,75+,76+,77-,78-,79-,80-,81+,82+,83+,84+,85+,86+,87+,88-/m1/s1. The van der Waals surface area contributed by atoms with Crippen LogP contribution in [0.1, 0.15) is 50.1 Å². The largest absolute Gasteiger partial charge is 0.474 e. The van der Waals surface area contributed by atoms with Crippen LogP contribution in [0.3, 0.4) is 0 Å². The maximum Gasteiger partial charge on any atom is 0.474 e. The number of hydrogen-bond acceptors (Lipinski definition) is 23. The van der Waals surface area contributed by atoms with Crippen molar-refractivity contribution in [3.05, 3.63) is 323 Å². The summed E-state index contributed by atoms with van der Waals surface area (Å²) in [5, 5.41) is 46.4. The number of hydrogen-bond donors (Lipinski definition) is 5. The first kappa shape index (κ1) is 83.2. The normalized spacial score (nSPS) is 28.5. The molecule has 0 saturated carbocycles. The number of aliphatic hydroxyl groups is 4. The Kier molecular flexibility index (Phi) is 31.5. The molecule has 13 rings (SSSR count). The van der Waals surface area contributed by atoms with Crippen molar-refractivity contribution in [1.29, 1.82) is 0 Å². The van der Waals surface area contributed by atoms with Crippen LogP contribution < -0.4 is 0 Å². The number of benzene rings is 9. The maximum absolute atomic E-state index is 15.2. The molecule has 4 heterocycles. The lowest BCUT2D eigenvalue weighted by Gasteiger charge is -2.51. The molecule has 0 radical (unpaired) electrons. The molecule has 1 unspecified atom stereocenters. The number of methoxy groups -OCH3 is 1. The van der Waals surface area contributed by atoms with Crippen LogP contribution in [0.2, 0.25) is 0 Å². The van der Waals surface area contributed by atoms with Gasteiger partial charge in [0.2, 0.25) is 0 Å². The molecule has 4 fully saturated rings. The molecule has 600 valence electrons. The molecule has 25 heteroatoms. The Balaban J connectivity index is 0.950. The first-order valence-electron chi connectivity index (χ1n) is 38.0. The van der Waals surface area contributed by atoms with E-state index >= 15 is 4.57 Å². The molecular formula is C88H99O24P. The van der Waals surface area contributed by atoms with Gasteiger partial charge in [-0.3, -0.25) is 9.05 Å². The van der Waals surface area contributed by atoms with Gasteiger partial charge in [0.25, 0.3) is 0 Å². The Morgan fingerprint density at radius 1 is 0.274 bits per heavy atom. The SMILES string of the molecule is CO[C@H]1O[C@H](COP(=O)(O)O[C@H]2O[C@H](COCc3ccccc3)[C@@H](OCc3ccccc3)[C@H](OCc3ccccc3)[C@@H]2O[C@@H]2O[C@H](COCc3ccccc3)[C@@H](OCc3ccccc3)[C@H](OCc3ccccc3)[C@@H]2O[C@@H]2O[C@H](COCc3ccccc3)[C@@H](OCc3ccccc3)[C@H](OCc3ccccc3)[C@@H]2O)[C@@H](O)[C@H](O)[C@@H]1O. The van der Waals surface area contributed by atoms with Gasteiger partial charge in [0.1, 0.15) is 97.7 Å². The van der Waals surface area contributed by atoms with E-state index in [9.17, 15) is 25.3 Å². The quantitative estimate of drug-likeness (QED) is 0.0223. The number of rotatable bonds is 40. The Morgan fingerprint density at radius 2 is 0.540 bits per heavy atom. The summed E-state index contributed by atoms with van der Waals surface area (Å²) in [6.07, 6.45) is -29.7. The molecule has 0 aliphatic carbocycles. The van der Waals surface area contributed by atoms with Gasteiger partial charge < -0.3 is 101 Å². The molecular weight excluding hydrogens is 1470 g/mol. The summed E-state index contributed by atoms with van der Waals surface area (Å²) >= 11 is 0. The lowest BCUT2D eigenvalue weighted by molar-refractivity contribution is -0.401. The first-order valence-corrected chi connectivity index (χ1v) is 39.5. The van der Waals surface area contributed by atoms with Crippen molar-refractivity contribution >= 4 is 7.82 Å². The zero-order chi connectivity index (χ0) is 78.0. The summed E-state index contributed by atoms with van der Waals surface area (Å²) in [7, 11) is -4.34. The zero-order valence-electron chi connectivity index (χ0n) is 62.7. The zero-order valence-corrected chi connectivity index (χ0v) is 63.6. The molecule has 4 saturated heterocycles. The van der Waals surface area contributed by atoms with Gasteiger partial charge in [0.15, 0.2) is 25.2 Å². The topological polar surface area (TPSA) is 284 Å². The summed E-state index contributed by atoms with van der Waals surface area (Å²) < 4.78 is 138. The van der Waals surface area contributed by atoms with E-state index in [4.69, 9.17) is 84.8 Å². The van der Waals surface area contributed by atoms with Gasteiger partial charge in [-0.2, -0.15) is 0 Å². The number of phosphoric ester groups is 1. The van der Waals surface area contributed by atoms with Crippen LogP contribution in [0, 0.1) is 0 Å². The predicted molar refractivity (Wildman–Crippen MR) is 411 cm³/mol. The fourth-order valence-corrected chi connectivity index (χ4v) is 14.7. The van der Waals surface area contributed by atoms with Gasteiger partial charge in [0.05, 0.1) is 85.9 Å². The summed E-state index contributed by atoms with van der Waals surface area (Å²) in [6, 6.07) is 85.6. The van der Waals surface area contributed by atoms with Gasteiger partial charge in [-0.1, -0.05) is 273 Å². The third-order valence-corrected chi connectivity index (χ3v) is 20.8. The highest BCUT2D eigenvalue weighted by atomic mass is 31.2. The molecule has 0 aromatic heterocycles. The highest BCUT2D eigenvalue weighted by molar-refractivity contribution is 7.47. The van der Waals surface area contributed by atoms with Crippen molar-refractivity contribution in [2.45, 2.75) is 182 Å². The van der Waals surface area contributed by atoms with Crippen molar-refractivity contribution in [1.82, 2.24) is 0 Å². The second-order valence-corrected chi connectivity index (χ2v) is 29.4. The minimum absolute atomic E-state index is 0.0169. The average Bonchev–Trinajstić information content (AvgIpc) is 0.758. The molecule has 113 heavy (non-hydrogen) atoms. The summed E-state index contributed by atoms with van der Waals surface area (Å²) in [4.78, 5) is 12.3.